The maximum absolute atomic E-state index is 11.0. The summed E-state index contributed by atoms with van der Waals surface area (Å²) >= 11 is 0. The van der Waals surface area contributed by atoms with Gasteiger partial charge in [-0.2, -0.15) is 0 Å². The zero-order valence-corrected chi connectivity index (χ0v) is 10.4. The summed E-state index contributed by atoms with van der Waals surface area (Å²) in [4.78, 5) is 12.8. The van der Waals surface area contributed by atoms with Gasteiger partial charge in [-0.1, -0.05) is 12.1 Å². The fraction of sp³-hybridized carbons (Fsp3) is 0.500. The summed E-state index contributed by atoms with van der Waals surface area (Å²) in [5.41, 5.74) is 1.69. The van der Waals surface area contributed by atoms with Crippen LogP contribution in [0, 0.1) is 10.1 Å². The number of ether oxygens (including phenoxy) is 1. The molecular formula is C12H17N3O3. The van der Waals surface area contributed by atoms with Crippen LogP contribution in [0.1, 0.15) is 5.56 Å². The van der Waals surface area contributed by atoms with Gasteiger partial charge in [0.25, 0.3) is 5.69 Å². The second kappa shape index (κ2) is 5.79. The summed E-state index contributed by atoms with van der Waals surface area (Å²) < 4.78 is 5.29. The standard InChI is InChI=1S/C12H17N3O3/c1-13-12-10(3-2-4-11(12)15(16)17)9-14-5-7-18-8-6-14/h2-4,13H,5-9H2,1H3. The van der Waals surface area contributed by atoms with Gasteiger partial charge in [-0.3, -0.25) is 15.0 Å². The Morgan fingerprint density at radius 3 is 2.78 bits per heavy atom. The Morgan fingerprint density at radius 1 is 1.44 bits per heavy atom. The molecule has 0 saturated carbocycles. The van der Waals surface area contributed by atoms with Crippen molar-refractivity contribution in [3.63, 3.8) is 0 Å². The van der Waals surface area contributed by atoms with Crippen LogP contribution in [0.2, 0.25) is 0 Å². The quantitative estimate of drug-likeness (QED) is 0.648. The molecule has 1 fully saturated rings. The fourth-order valence-electron chi connectivity index (χ4n) is 2.16. The number of benzene rings is 1. The molecular weight excluding hydrogens is 234 g/mol. The lowest BCUT2D eigenvalue weighted by Gasteiger charge is -2.27. The van der Waals surface area contributed by atoms with Crippen molar-refractivity contribution < 1.29 is 9.66 Å². The second-order valence-corrected chi connectivity index (χ2v) is 4.21. The minimum absolute atomic E-state index is 0.128. The first kappa shape index (κ1) is 12.8. The third-order valence-corrected chi connectivity index (χ3v) is 3.07. The zero-order valence-electron chi connectivity index (χ0n) is 10.4. The first-order chi connectivity index (χ1) is 8.72. The molecule has 1 aromatic carbocycles. The van der Waals surface area contributed by atoms with Gasteiger partial charge in [-0.05, 0) is 5.56 Å². The number of nitro groups is 1. The van der Waals surface area contributed by atoms with E-state index in [0.717, 1.165) is 31.9 Å². The number of nitro benzene ring substituents is 1. The molecule has 6 heteroatoms. The van der Waals surface area contributed by atoms with Crippen LogP contribution in [0.25, 0.3) is 0 Å². The Bertz CT molecular complexity index is 431. The number of anilines is 1. The molecule has 0 radical (unpaired) electrons. The van der Waals surface area contributed by atoms with Gasteiger partial charge < -0.3 is 10.1 Å². The minimum Gasteiger partial charge on any atom is -0.382 e. The maximum atomic E-state index is 11.0. The van der Waals surface area contributed by atoms with Gasteiger partial charge in [0, 0.05) is 32.7 Å². The Balaban J connectivity index is 2.20. The molecule has 6 nitrogen and oxygen atoms in total. The monoisotopic (exact) mass is 251 g/mol. The van der Waals surface area contributed by atoms with Crippen molar-refractivity contribution in [1.82, 2.24) is 4.90 Å². The van der Waals surface area contributed by atoms with Crippen molar-refractivity contribution in [1.29, 1.82) is 0 Å². The molecule has 1 aromatic rings. The van der Waals surface area contributed by atoms with Gasteiger partial charge in [-0.15, -0.1) is 0 Å². The molecule has 1 heterocycles. The zero-order chi connectivity index (χ0) is 13.0. The van der Waals surface area contributed by atoms with Gasteiger partial charge in [-0.25, -0.2) is 0 Å². The number of morpholine rings is 1. The summed E-state index contributed by atoms with van der Waals surface area (Å²) in [5, 5.41) is 13.9. The van der Waals surface area contributed by atoms with E-state index in [-0.39, 0.29) is 10.6 Å². The van der Waals surface area contributed by atoms with E-state index in [1.54, 1.807) is 13.1 Å². The van der Waals surface area contributed by atoms with E-state index in [1.807, 2.05) is 6.07 Å². The second-order valence-electron chi connectivity index (χ2n) is 4.21. The summed E-state index contributed by atoms with van der Waals surface area (Å²) in [6.07, 6.45) is 0. The molecule has 0 unspecified atom stereocenters. The normalized spacial score (nSPS) is 16.5. The van der Waals surface area contributed by atoms with Crippen molar-refractivity contribution in [2.24, 2.45) is 0 Å². The average molecular weight is 251 g/mol. The first-order valence-electron chi connectivity index (χ1n) is 5.96. The predicted molar refractivity (Wildman–Crippen MR) is 68.7 cm³/mol. The number of para-hydroxylation sites is 1. The van der Waals surface area contributed by atoms with E-state index in [9.17, 15) is 10.1 Å². The molecule has 0 aliphatic carbocycles. The van der Waals surface area contributed by atoms with E-state index < -0.39 is 0 Å². The summed E-state index contributed by atoms with van der Waals surface area (Å²) in [6.45, 7) is 3.90. The molecule has 1 aliphatic heterocycles. The van der Waals surface area contributed by atoms with Crippen molar-refractivity contribution in [2.75, 3.05) is 38.7 Å². The SMILES string of the molecule is CNc1c(CN2CCOCC2)cccc1[N+](=O)[O-]. The smallest absolute Gasteiger partial charge is 0.292 e. The third kappa shape index (κ3) is 2.77. The molecule has 0 aromatic heterocycles. The van der Waals surface area contributed by atoms with Crippen LogP contribution in [0.3, 0.4) is 0 Å². The van der Waals surface area contributed by atoms with E-state index in [4.69, 9.17) is 4.74 Å². The lowest BCUT2D eigenvalue weighted by atomic mass is 10.1. The number of nitrogens with zero attached hydrogens (tertiary/aromatic N) is 2. The number of hydrogen-bond acceptors (Lipinski definition) is 5. The van der Waals surface area contributed by atoms with Crippen LogP contribution in [0.15, 0.2) is 18.2 Å². The molecule has 2 rings (SSSR count). The van der Waals surface area contributed by atoms with Crippen LogP contribution in [-0.2, 0) is 11.3 Å². The average Bonchev–Trinajstić information content (AvgIpc) is 2.39. The van der Waals surface area contributed by atoms with E-state index >= 15 is 0 Å². The van der Waals surface area contributed by atoms with Gasteiger partial charge >= 0.3 is 0 Å². The summed E-state index contributed by atoms with van der Waals surface area (Å²) in [5.74, 6) is 0. The molecule has 0 spiro atoms. The van der Waals surface area contributed by atoms with Crippen molar-refractivity contribution >= 4 is 11.4 Å². The van der Waals surface area contributed by atoms with Crippen LogP contribution in [-0.4, -0.2) is 43.2 Å². The van der Waals surface area contributed by atoms with Gasteiger partial charge in [0.05, 0.1) is 18.1 Å². The molecule has 0 amide bonds. The van der Waals surface area contributed by atoms with Crippen molar-refractivity contribution in [3.05, 3.63) is 33.9 Å². The Hall–Kier alpha value is -1.66. The molecule has 0 atom stereocenters. The Kier molecular flexibility index (Phi) is 4.11. The Labute approximate surface area is 106 Å². The largest absolute Gasteiger partial charge is 0.382 e. The molecule has 1 saturated heterocycles. The predicted octanol–water partition coefficient (Wildman–Crippen LogP) is 1.47. The van der Waals surface area contributed by atoms with Crippen LogP contribution in [0.4, 0.5) is 11.4 Å². The Morgan fingerprint density at radius 2 is 2.17 bits per heavy atom. The van der Waals surface area contributed by atoms with E-state index in [0.29, 0.717) is 12.2 Å². The van der Waals surface area contributed by atoms with Gasteiger partial charge in [0.15, 0.2) is 0 Å². The minimum atomic E-state index is -0.353. The van der Waals surface area contributed by atoms with E-state index in [2.05, 4.69) is 10.2 Å². The lowest BCUT2D eigenvalue weighted by molar-refractivity contribution is -0.384. The number of rotatable bonds is 4. The highest BCUT2D eigenvalue weighted by Crippen LogP contribution is 2.28. The molecule has 1 aliphatic rings. The van der Waals surface area contributed by atoms with Crippen LogP contribution in [0.5, 0.6) is 0 Å². The highest BCUT2D eigenvalue weighted by Gasteiger charge is 2.18. The van der Waals surface area contributed by atoms with Gasteiger partial charge in [0.2, 0.25) is 0 Å². The third-order valence-electron chi connectivity index (χ3n) is 3.07. The highest BCUT2D eigenvalue weighted by atomic mass is 16.6. The highest BCUT2D eigenvalue weighted by molar-refractivity contribution is 5.66. The molecule has 18 heavy (non-hydrogen) atoms. The summed E-state index contributed by atoms with van der Waals surface area (Å²) in [6, 6.07) is 5.18. The fourth-order valence-corrected chi connectivity index (χ4v) is 2.16. The lowest BCUT2D eigenvalue weighted by Crippen LogP contribution is -2.35. The number of hydrogen-bond donors (Lipinski definition) is 1. The van der Waals surface area contributed by atoms with Gasteiger partial charge in [0.1, 0.15) is 5.69 Å². The maximum Gasteiger partial charge on any atom is 0.292 e. The molecule has 98 valence electrons. The summed E-state index contributed by atoms with van der Waals surface area (Å²) in [7, 11) is 1.71. The van der Waals surface area contributed by atoms with Crippen LogP contribution >= 0.6 is 0 Å². The van der Waals surface area contributed by atoms with E-state index in [1.165, 1.54) is 6.07 Å². The van der Waals surface area contributed by atoms with Crippen LogP contribution < -0.4 is 5.32 Å². The topological polar surface area (TPSA) is 67.6 Å². The molecule has 0 bridgehead atoms. The van der Waals surface area contributed by atoms with Crippen molar-refractivity contribution in [2.45, 2.75) is 6.54 Å². The molecule has 1 N–H and O–H groups in total. The number of nitrogens with one attached hydrogen (secondary N) is 1. The van der Waals surface area contributed by atoms with Crippen molar-refractivity contribution in [3.8, 4) is 0 Å². The first-order valence-corrected chi connectivity index (χ1v) is 5.96.